The molecular weight excluding hydrogens is 210 g/mol. The van der Waals surface area contributed by atoms with Gasteiger partial charge in [0.15, 0.2) is 0 Å². The van der Waals surface area contributed by atoms with Crippen molar-refractivity contribution in [2.24, 2.45) is 0 Å². The third-order valence-electron chi connectivity index (χ3n) is 1.81. The number of halogens is 1. The van der Waals surface area contributed by atoms with Crippen molar-refractivity contribution < 1.29 is 9.53 Å². The molecule has 1 aliphatic rings. The average Bonchev–Trinajstić information content (AvgIpc) is 2.19. The van der Waals surface area contributed by atoms with Gasteiger partial charge in [0.05, 0.1) is 19.0 Å². The molecule has 0 aromatic rings. The number of rotatable bonds is 4. The van der Waals surface area contributed by atoms with Crippen LogP contribution in [0, 0.1) is 0 Å². The molecule has 1 amide bonds. The number of amides is 1. The van der Waals surface area contributed by atoms with Gasteiger partial charge in [-0.3, -0.25) is 4.79 Å². The average molecular weight is 224 g/mol. The lowest BCUT2D eigenvalue weighted by molar-refractivity contribution is -0.132. The standard InChI is InChI=1S/C8H14ClNO2S/c9-1-6-13-7-8(11)10-2-4-12-5-3-10/h1-7H2. The van der Waals surface area contributed by atoms with E-state index < -0.39 is 0 Å². The SMILES string of the molecule is O=C(CSCCCl)N1CCOCC1. The van der Waals surface area contributed by atoms with Gasteiger partial charge in [-0.05, 0) is 0 Å². The highest BCUT2D eigenvalue weighted by molar-refractivity contribution is 8.00. The van der Waals surface area contributed by atoms with Crippen LogP contribution in [0.4, 0.5) is 0 Å². The van der Waals surface area contributed by atoms with E-state index in [1.165, 1.54) is 0 Å². The van der Waals surface area contributed by atoms with Crippen molar-refractivity contribution >= 4 is 29.3 Å². The summed E-state index contributed by atoms with van der Waals surface area (Å²) in [6.07, 6.45) is 0. The minimum Gasteiger partial charge on any atom is -0.378 e. The molecule has 0 bridgehead atoms. The van der Waals surface area contributed by atoms with Gasteiger partial charge in [0.25, 0.3) is 0 Å². The summed E-state index contributed by atoms with van der Waals surface area (Å²) in [4.78, 5) is 13.3. The Morgan fingerprint density at radius 3 is 2.77 bits per heavy atom. The lowest BCUT2D eigenvalue weighted by Crippen LogP contribution is -2.41. The van der Waals surface area contributed by atoms with Crippen molar-refractivity contribution in [3.8, 4) is 0 Å². The normalized spacial score (nSPS) is 17.5. The Kier molecular flexibility index (Phi) is 5.58. The maximum Gasteiger partial charge on any atom is 0.232 e. The third-order valence-corrected chi connectivity index (χ3v) is 3.17. The number of morpholine rings is 1. The molecule has 1 heterocycles. The molecule has 0 aromatic carbocycles. The fourth-order valence-corrected chi connectivity index (χ4v) is 2.06. The zero-order valence-corrected chi connectivity index (χ0v) is 9.07. The molecule has 0 saturated carbocycles. The van der Waals surface area contributed by atoms with E-state index in [1.54, 1.807) is 11.8 Å². The summed E-state index contributed by atoms with van der Waals surface area (Å²) in [5, 5.41) is 0. The summed E-state index contributed by atoms with van der Waals surface area (Å²) in [5.41, 5.74) is 0. The lowest BCUT2D eigenvalue weighted by Gasteiger charge is -2.26. The molecule has 0 unspecified atom stereocenters. The molecule has 1 fully saturated rings. The number of nitrogens with zero attached hydrogens (tertiary/aromatic N) is 1. The van der Waals surface area contributed by atoms with E-state index in [0.29, 0.717) is 24.8 Å². The van der Waals surface area contributed by atoms with Gasteiger partial charge in [-0.2, -0.15) is 11.8 Å². The Morgan fingerprint density at radius 1 is 1.46 bits per heavy atom. The molecule has 1 aliphatic heterocycles. The van der Waals surface area contributed by atoms with Crippen LogP contribution in [-0.4, -0.2) is 54.5 Å². The highest BCUT2D eigenvalue weighted by Gasteiger charge is 2.15. The maximum atomic E-state index is 11.5. The molecular formula is C8H14ClNO2S. The second kappa shape index (κ2) is 6.51. The van der Waals surface area contributed by atoms with Crippen molar-refractivity contribution in [3.63, 3.8) is 0 Å². The summed E-state index contributed by atoms with van der Waals surface area (Å²) >= 11 is 7.10. The fourth-order valence-electron chi connectivity index (χ4n) is 1.12. The van der Waals surface area contributed by atoms with Gasteiger partial charge < -0.3 is 9.64 Å². The van der Waals surface area contributed by atoms with Gasteiger partial charge in [0.1, 0.15) is 0 Å². The van der Waals surface area contributed by atoms with Gasteiger partial charge in [0, 0.05) is 24.7 Å². The van der Waals surface area contributed by atoms with Crippen molar-refractivity contribution in [2.75, 3.05) is 43.7 Å². The van der Waals surface area contributed by atoms with Gasteiger partial charge in [-0.15, -0.1) is 11.6 Å². The Morgan fingerprint density at radius 2 is 2.15 bits per heavy atom. The predicted molar refractivity (Wildman–Crippen MR) is 55.4 cm³/mol. The molecule has 0 spiro atoms. The number of hydrogen-bond donors (Lipinski definition) is 0. The number of thioether (sulfide) groups is 1. The zero-order chi connectivity index (χ0) is 9.52. The van der Waals surface area contributed by atoms with E-state index in [9.17, 15) is 4.79 Å². The van der Waals surface area contributed by atoms with E-state index in [4.69, 9.17) is 16.3 Å². The highest BCUT2D eigenvalue weighted by Crippen LogP contribution is 2.05. The Labute approximate surface area is 87.7 Å². The van der Waals surface area contributed by atoms with Crippen molar-refractivity contribution in [1.29, 1.82) is 0 Å². The second-order valence-corrected chi connectivity index (χ2v) is 4.22. The summed E-state index contributed by atoms with van der Waals surface area (Å²) in [5.74, 6) is 2.21. The number of carbonyl (C=O) groups is 1. The van der Waals surface area contributed by atoms with Crippen LogP contribution < -0.4 is 0 Å². The Bertz CT molecular complexity index is 162. The van der Waals surface area contributed by atoms with Crippen molar-refractivity contribution in [1.82, 2.24) is 4.90 Å². The van der Waals surface area contributed by atoms with E-state index in [2.05, 4.69) is 0 Å². The lowest BCUT2D eigenvalue weighted by atomic mass is 10.4. The number of alkyl halides is 1. The van der Waals surface area contributed by atoms with Gasteiger partial charge in [-0.1, -0.05) is 0 Å². The molecule has 1 rings (SSSR count). The summed E-state index contributed by atoms with van der Waals surface area (Å²) in [6.45, 7) is 2.82. The second-order valence-electron chi connectivity index (χ2n) is 2.73. The summed E-state index contributed by atoms with van der Waals surface area (Å²) < 4.78 is 5.15. The molecule has 76 valence electrons. The van der Waals surface area contributed by atoms with Crippen LogP contribution in [0.3, 0.4) is 0 Å². The first-order valence-corrected chi connectivity index (χ1v) is 6.02. The first kappa shape index (κ1) is 11.1. The number of ether oxygens (including phenoxy) is 1. The summed E-state index contributed by atoms with van der Waals surface area (Å²) in [7, 11) is 0. The monoisotopic (exact) mass is 223 g/mol. The van der Waals surface area contributed by atoms with Gasteiger partial charge >= 0.3 is 0 Å². The van der Waals surface area contributed by atoms with E-state index in [0.717, 1.165) is 18.8 Å². The quantitative estimate of drug-likeness (QED) is 0.522. The van der Waals surface area contributed by atoms with Crippen LogP contribution in [0.15, 0.2) is 0 Å². The van der Waals surface area contributed by atoms with Crippen LogP contribution in [0.5, 0.6) is 0 Å². The minimum atomic E-state index is 0.207. The Balaban J connectivity index is 2.13. The molecule has 0 aliphatic carbocycles. The first-order chi connectivity index (χ1) is 6.34. The molecule has 0 N–H and O–H groups in total. The van der Waals surface area contributed by atoms with Crippen molar-refractivity contribution in [3.05, 3.63) is 0 Å². The van der Waals surface area contributed by atoms with Crippen LogP contribution >= 0.6 is 23.4 Å². The molecule has 0 radical (unpaired) electrons. The largest absolute Gasteiger partial charge is 0.378 e. The highest BCUT2D eigenvalue weighted by atomic mass is 35.5. The minimum absolute atomic E-state index is 0.207. The molecule has 3 nitrogen and oxygen atoms in total. The number of carbonyl (C=O) groups excluding carboxylic acids is 1. The Hall–Kier alpha value is 0.0700. The first-order valence-electron chi connectivity index (χ1n) is 4.34. The van der Waals surface area contributed by atoms with Crippen LogP contribution in [-0.2, 0) is 9.53 Å². The van der Waals surface area contributed by atoms with Gasteiger partial charge in [0.2, 0.25) is 5.91 Å². The zero-order valence-electron chi connectivity index (χ0n) is 7.50. The number of hydrogen-bond acceptors (Lipinski definition) is 3. The predicted octanol–water partition coefficient (Wildman–Crippen LogP) is 0.817. The molecule has 0 aromatic heterocycles. The van der Waals surface area contributed by atoms with E-state index in [-0.39, 0.29) is 5.91 Å². The van der Waals surface area contributed by atoms with Crippen LogP contribution in [0.25, 0.3) is 0 Å². The maximum absolute atomic E-state index is 11.5. The molecule has 1 saturated heterocycles. The molecule has 0 atom stereocenters. The molecule has 5 heteroatoms. The molecule has 13 heavy (non-hydrogen) atoms. The van der Waals surface area contributed by atoms with E-state index >= 15 is 0 Å². The smallest absolute Gasteiger partial charge is 0.232 e. The van der Waals surface area contributed by atoms with Gasteiger partial charge in [-0.25, -0.2) is 0 Å². The third kappa shape index (κ3) is 4.20. The van der Waals surface area contributed by atoms with E-state index in [1.807, 2.05) is 4.90 Å². The fraction of sp³-hybridized carbons (Fsp3) is 0.875. The van der Waals surface area contributed by atoms with Crippen molar-refractivity contribution in [2.45, 2.75) is 0 Å². The van der Waals surface area contributed by atoms with Crippen LogP contribution in [0.2, 0.25) is 0 Å². The topological polar surface area (TPSA) is 29.5 Å². The van der Waals surface area contributed by atoms with Crippen LogP contribution in [0.1, 0.15) is 0 Å². The summed E-state index contributed by atoms with van der Waals surface area (Å²) in [6, 6.07) is 0.